The molecule has 0 heterocycles. The van der Waals surface area contributed by atoms with Gasteiger partial charge in [-0.05, 0) is 24.3 Å². The Morgan fingerprint density at radius 2 is 1.07 bits per heavy atom. The van der Waals surface area contributed by atoms with Gasteiger partial charge < -0.3 is 10.0 Å². The predicted molar refractivity (Wildman–Crippen MR) is 76.8 cm³/mol. The number of alkyl halides is 13. The third kappa shape index (κ3) is 4.06. The van der Waals surface area contributed by atoms with Crippen molar-refractivity contribution >= 4 is 5.69 Å². The molecule has 2 nitrogen and oxygen atoms in total. The summed E-state index contributed by atoms with van der Waals surface area (Å²) >= 11 is 0. The van der Waals surface area contributed by atoms with Crippen LogP contribution in [0.4, 0.5) is 62.8 Å². The normalized spacial score (nSPS) is 14.7. The Bertz CT molecular complexity index is 727. The summed E-state index contributed by atoms with van der Waals surface area (Å²) in [4.78, 5) is 0.726. The third-order valence-electron chi connectivity index (χ3n) is 4.05. The van der Waals surface area contributed by atoms with E-state index in [1.54, 1.807) is 0 Å². The lowest BCUT2D eigenvalue weighted by Crippen LogP contribution is -2.70. The van der Waals surface area contributed by atoms with Gasteiger partial charge in [-0.25, -0.2) is 0 Å². The molecule has 1 aromatic carbocycles. The highest BCUT2D eigenvalue weighted by atomic mass is 19.4. The minimum absolute atomic E-state index is 0.0346. The van der Waals surface area contributed by atoms with Crippen molar-refractivity contribution in [3.8, 4) is 5.75 Å². The monoisotopic (exact) mass is 469 g/mol. The van der Waals surface area contributed by atoms with Crippen LogP contribution in [-0.2, 0) is 0 Å². The van der Waals surface area contributed by atoms with Crippen molar-refractivity contribution in [3.63, 3.8) is 0 Å². The Balaban J connectivity index is 3.17. The van der Waals surface area contributed by atoms with E-state index >= 15 is 0 Å². The van der Waals surface area contributed by atoms with Crippen LogP contribution in [0.1, 0.15) is 6.42 Å². The molecule has 0 radical (unpaired) electrons. The molecule has 0 atom stereocenters. The highest BCUT2D eigenvalue weighted by Crippen LogP contribution is 2.60. The molecule has 1 N–H and O–H groups in total. The minimum atomic E-state index is -7.89. The number of hydrogen-bond acceptors (Lipinski definition) is 2. The summed E-state index contributed by atoms with van der Waals surface area (Å²) in [5.74, 6) is -37.1. The lowest BCUT2D eigenvalue weighted by Gasteiger charge is -2.40. The molecule has 0 amide bonds. The number of anilines is 1. The molecule has 0 aliphatic heterocycles. The van der Waals surface area contributed by atoms with Crippen molar-refractivity contribution < 1.29 is 62.2 Å². The molecule has 15 heteroatoms. The largest absolute Gasteiger partial charge is 0.508 e. The van der Waals surface area contributed by atoms with E-state index in [1.165, 1.54) is 0 Å². The Hall–Kier alpha value is -2.09. The average Bonchev–Trinajstić information content (AvgIpc) is 2.58. The molecule has 1 aromatic rings. The number of benzene rings is 1. The zero-order valence-corrected chi connectivity index (χ0v) is 14.5. The van der Waals surface area contributed by atoms with Gasteiger partial charge in [-0.3, -0.25) is 0 Å². The highest BCUT2D eigenvalue weighted by molar-refractivity contribution is 5.48. The fraction of sp³-hybridized carbons (Fsp3) is 0.600. The number of phenols is 1. The maximum Gasteiger partial charge on any atom is 0.460 e. The highest BCUT2D eigenvalue weighted by Gasteiger charge is 2.90. The second kappa shape index (κ2) is 7.55. The van der Waals surface area contributed by atoms with E-state index in [2.05, 4.69) is 0 Å². The molecule has 0 aliphatic rings. The van der Waals surface area contributed by atoms with Gasteiger partial charge in [0.25, 0.3) is 0 Å². The zero-order valence-electron chi connectivity index (χ0n) is 14.5. The van der Waals surface area contributed by atoms with E-state index < -0.39 is 48.8 Å². The molecule has 1 rings (SSSR count). The second-order valence-corrected chi connectivity index (χ2v) is 6.19. The molecule has 0 aromatic heterocycles. The van der Waals surface area contributed by atoms with Crippen LogP contribution in [0.15, 0.2) is 24.3 Å². The molecule has 0 aliphatic carbocycles. The fourth-order valence-corrected chi connectivity index (χ4v) is 2.10. The van der Waals surface area contributed by atoms with E-state index in [-0.39, 0.29) is 11.4 Å². The average molecular weight is 469 g/mol. The van der Waals surface area contributed by atoms with E-state index in [4.69, 9.17) is 5.11 Å². The van der Waals surface area contributed by atoms with Crippen LogP contribution >= 0.6 is 0 Å². The fourth-order valence-electron chi connectivity index (χ4n) is 2.10. The van der Waals surface area contributed by atoms with E-state index in [9.17, 15) is 57.1 Å². The standard InChI is InChI=1S/C15H12F13NO/c1-29(8-2-4-9(30)5-3-8)7-6-10(16,17)11(18,19)12(20,21)13(22,23)14(24,25)15(26,27)28/h2-5,30H,6-7H2,1H3. The van der Waals surface area contributed by atoms with E-state index in [0.717, 1.165) is 36.2 Å². The quantitative estimate of drug-likeness (QED) is 0.476. The molecule has 174 valence electrons. The van der Waals surface area contributed by atoms with Gasteiger partial charge in [0.05, 0.1) is 0 Å². The third-order valence-corrected chi connectivity index (χ3v) is 4.05. The van der Waals surface area contributed by atoms with Crippen molar-refractivity contribution in [3.05, 3.63) is 24.3 Å². The van der Waals surface area contributed by atoms with Gasteiger partial charge in [-0.2, -0.15) is 57.1 Å². The molecular formula is C15H12F13NO. The van der Waals surface area contributed by atoms with Crippen LogP contribution in [0.3, 0.4) is 0 Å². The second-order valence-electron chi connectivity index (χ2n) is 6.19. The van der Waals surface area contributed by atoms with Crippen molar-refractivity contribution in [1.29, 1.82) is 0 Å². The Morgan fingerprint density at radius 1 is 0.667 bits per heavy atom. The Morgan fingerprint density at radius 3 is 1.47 bits per heavy atom. The topological polar surface area (TPSA) is 23.5 Å². The smallest absolute Gasteiger partial charge is 0.460 e. The van der Waals surface area contributed by atoms with Crippen molar-refractivity contribution in [2.45, 2.75) is 42.2 Å². The van der Waals surface area contributed by atoms with Crippen molar-refractivity contribution in [2.75, 3.05) is 18.5 Å². The van der Waals surface area contributed by atoms with Crippen LogP contribution in [0.5, 0.6) is 5.75 Å². The minimum Gasteiger partial charge on any atom is -0.508 e. The molecule has 0 unspecified atom stereocenters. The first kappa shape index (κ1) is 25.9. The van der Waals surface area contributed by atoms with Gasteiger partial charge in [-0.15, -0.1) is 0 Å². The first-order valence-corrected chi connectivity index (χ1v) is 7.59. The predicted octanol–water partition coefficient (Wildman–Crippen LogP) is 5.96. The first-order valence-electron chi connectivity index (χ1n) is 7.59. The van der Waals surface area contributed by atoms with Crippen LogP contribution in [0, 0.1) is 0 Å². The Kier molecular flexibility index (Phi) is 6.53. The maximum absolute atomic E-state index is 13.7. The van der Waals surface area contributed by atoms with Crippen LogP contribution in [0.2, 0.25) is 0 Å². The summed E-state index contributed by atoms with van der Waals surface area (Å²) in [6.45, 7) is -1.23. The number of phenolic OH excluding ortho intramolecular Hbond substituents is 1. The number of halogens is 13. The van der Waals surface area contributed by atoms with Gasteiger partial charge in [0, 0.05) is 25.7 Å². The summed E-state index contributed by atoms with van der Waals surface area (Å²) in [6.07, 6.45) is -9.75. The Labute approximate surface area is 159 Å². The van der Waals surface area contributed by atoms with Crippen LogP contribution in [0.25, 0.3) is 0 Å². The van der Waals surface area contributed by atoms with Crippen molar-refractivity contribution in [1.82, 2.24) is 0 Å². The van der Waals surface area contributed by atoms with Crippen LogP contribution in [-0.4, -0.2) is 54.5 Å². The van der Waals surface area contributed by atoms with Crippen molar-refractivity contribution in [2.24, 2.45) is 0 Å². The van der Waals surface area contributed by atoms with Gasteiger partial charge in [0.2, 0.25) is 0 Å². The SMILES string of the molecule is CN(CCC(F)(F)C(F)(F)C(F)(F)C(F)(F)C(F)(F)C(F)(F)F)c1ccc(O)cc1. The number of aromatic hydroxyl groups is 1. The van der Waals surface area contributed by atoms with Gasteiger partial charge >= 0.3 is 35.8 Å². The van der Waals surface area contributed by atoms with E-state index in [0.29, 0.717) is 0 Å². The molecule has 30 heavy (non-hydrogen) atoms. The van der Waals surface area contributed by atoms with Gasteiger partial charge in [0.15, 0.2) is 0 Å². The molecule has 0 fully saturated rings. The van der Waals surface area contributed by atoms with Gasteiger partial charge in [0.1, 0.15) is 5.75 Å². The first-order chi connectivity index (χ1) is 13.1. The summed E-state index contributed by atoms with van der Waals surface area (Å²) in [7, 11) is 0.963. The summed E-state index contributed by atoms with van der Waals surface area (Å²) < 4.78 is 169. The van der Waals surface area contributed by atoms with Crippen LogP contribution < -0.4 is 4.90 Å². The summed E-state index contributed by atoms with van der Waals surface area (Å²) in [6, 6.07) is 4.18. The molecule has 0 saturated carbocycles. The van der Waals surface area contributed by atoms with E-state index in [1.807, 2.05) is 0 Å². The summed E-state index contributed by atoms with van der Waals surface area (Å²) in [5.41, 5.74) is -0.0346. The molecule has 0 saturated heterocycles. The number of hydrogen-bond donors (Lipinski definition) is 1. The van der Waals surface area contributed by atoms with Gasteiger partial charge in [-0.1, -0.05) is 0 Å². The molecule has 0 spiro atoms. The number of rotatable bonds is 8. The summed E-state index contributed by atoms with van der Waals surface area (Å²) in [5, 5.41) is 9.06. The number of nitrogens with zero attached hydrogens (tertiary/aromatic N) is 1. The maximum atomic E-state index is 13.7. The zero-order chi connectivity index (χ0) is 24.0. The molecule has 0 bridgehead atoms. The molecular weight excluding hydrogens is 457 g/mol. The lowest BCUT2D eigenvalue weighted by molar-refractivity contribution is -0.440. The lowest BCUT2D eigenvalue weighted by atomic mass is 9.92.